The molecule has 4 aromatic rings. The van der Waals surface area contributed by atoms with Gasteiger partial charge in [0.15, 0.2) is 0 Å². The van der Waals surface area contributed by atoms with Crippen LogP contribution in [0.5, 0.6) is 5.75 Å². The molecule has 0 bridgehead atoms. The second kappa shape index (κ2) is 8.47. The number of methoxy groups -OCH3 is 1. The van der Waals surface area contributed by atoms with Crippen LogP contribution in [0, 0.1) is 0 Å². The monoisotopic (exact) mass is 485 g/mol. The normalized spacial score (nSPS) is 19.6. The first-order chi connectivity index (χ1) is 17.0. The van der Waals surface area contributed by atoms with Gasteiger partial charge in [0, 0.05) is 40.1 Å². The summed E-state index contributed by atoms with van der Waals surface area (Å²) in [6.45, 7) is 0.360. The maximum atomic E-state index is 13.9. The number of rotatable bonds is 4. The summed E-state index contributed by atoms with van der Waals surface area (Å²) >= 11 is 6.16. The molecule has 1 fully saturated rings. The van der Waals surface area contributed by atoms with E-state index in [2.05, 4.69) is 11.1 Å². The topological polar surface area (TPSA) is 65.6 Å². The summed E-state index contributed by atoms with van der Waals surface area (Å²) in [4.78, 5) is 34.5. The summed E-state index contributed by atoms with van der Waals surface area (Å²) in [7, 11) is 1.63. The molecule has 176 valence electrons. The predicted molar refractivity (Wildman–Crippen MR) is 134 cm³/mol. The molecule has 2 atom stereocenters. The van der Waals surface area contributed by atoms with Crippen molar-refractivity contribution in [2.45, 2.75) is 25.0 Å². The molecule has 1 aromatic heterocycles. The minimum atomic E-state index is -0.600. The molecule has 1 saturated heterocycles. The van der Waals surface area contributed by atoms with Crippen molar-refractivity contribution in [2.24, 2.45) is 0 Å². The van der Waals surface area contributed by atoms with Crippen LogP contribution in [-0.2, 0) is 22.6 Å². The van der Waals surface area contributed by atoms with Gasteiger partial charge in [-0.05, 0) is 35.4 Å². The molecule has 0 saturated carbocycles. The number of aromatic nitrogens is 1. The zero-order valence-electron chi connectivity index (χ0n) is 19.2. The Morgan fingerprint density at radius 3 is 2.66 bits per heavy atom. The minimum absolute atomic E-state index is 0.0169. The van der Waals surface area contributed by atoms with Crippen LogP contribution in [0.4, 0.5) is 0 Å². The van der Waals surface area contributed by atoms with Crippen molar-refractivity contribution in [3.05, 3.63) is 100 Å². The number of carbonyl (C=O) groups excluding carboxylic acids is 2. The van der Waals surface area contributed by atoms with Gasteiger partial charge in [-0.2, -0.15) is 0 Å². The number of ether oxygens (including phenoxy) is 1. The van der Waals surface area contributed by atoms with Crippen LogP contribution in [0.25, 0.3) is 10.9 Å². The van der Waals surface area contributed by atoms with Crippen molar-refractivity contribution in [2.75, 3.05) is 13.7 Å². The van der Waals surface area contributed by atoms with Gasteiger partial charge in [-0.1, -0.05) is 60.1 Å². The fourth-order valence-electron chi connectivity index (χ4n) is 5.53. The van der Waals surface area contributed by atoms with E-state index in [9.17, 15) is 9.59 Å². The molecule has 6 nitrogen and oxygen atoms in total. The number of fused-ring (bicyclic) bond motifs is 4. The van der Waals surface area contributed by atoms with Gasteiger partial charge in [0.1, 0.15) is 24.4 Å². The highest BCUT2D eigenvalue weighted by atomic mass is 35.5. The van der Waals surface area contributed by atoms with Gasteiger partial charge in [0.25, 0.3) is 0 Å². The third kappa shape index (κ3) is 3.56. The van der Waals surface area contributed by atoms with E-state index in [0.717, 1.165) is 33.3 Å². The van der Waals surface area contributed by atoms with Crippen molar-refractivity contribution in [3.63, 3.8) is 0 Å². The van der Waals surface area contributed by atoms with Crippen LogP contribution in [0.3, 0.4) is 0 Å². The van der Waals surface area contributed by atoms with E-state index in [1.54, 1.807) is 23.0 Å². The van der Waals surface area contributed by atoms with Crippen LogP contribution >= 0.6 is 11.6 Å². The van der Waals surface area contributed by atoms with E-state index >= 15 is 0 Å². The molecule has 2 aliphatic rings. The smallest absolute Gasteiger partial charge is 0.246 e. The lowest BCUT2D eigenvalue weighted by molar-refractivity contribution is -0.159. The number of nitrogens with one attached hydrogen (secondary N) is 1. The summed E-state index contributed by atoms with van der Waals surface area (Å²) in [6.07, 6.45) is 0.460. The number of nitrogens with zero attached hydrogens (tertiary/aromatic N) is 2. The Hall–Kier alpha value is -3.77. The Morgan fingerprint density at radius 1 is 1.03 bits per heavy atom. The van der Waals surface area contributed by atoms with Crippen molar-refractivity contribution < 1.29 is 14.3 Å². The average molecular weight is 486 g/mol. The summed E-state index contributed by atoms with van der Waals surface area (Å²) in [5.41, 5.74) is 4.77. The molecule has 2 aliphatic heterocycles. The van der Waals surface area contributed by atoms with E-state index < -0.39 is 12.1 Å². The van der Waals surface area contributed by atoms with Gasteiger partial charge in [0.2, 0.25) is 11.8 Å². The molecule has 3 aromatic carbocycles. The van der Waals surface area contributed by atoms with Gasteiger partial charge >= 0.3 is 0 Å². The molecule has 2 amide bonds. The van der Waals surface area contributed by atoms with Crippen molar-refractivity contribution in [1.29, 1.82) is 0 Å². The van der Waals surface area contributed by atoms with E-state index in [-0.39, 0.29) is 18.4 Å². The van der Waals surface area contributed by atoms with Gasteiger partial charge in [0.05, 0.1) is 7.11 Å². The number of aromatic amines is 1. The number of halogens is 1. The second-order valence-electron chi connectivity index (χ2n) is 9.05. The van der Waals surface area contributed by atoms with Crippen LogP contribution in [0.1, 0.15) is 28.4 Å². The van der Waals surface area contributed by atoms with E-state index in [1.807, 2.05) is 60.7 Å². The number of H-pyrrole nitrogens is 1. The van der Waals surface area contributed by atoms with E-state index in [1.165, 1.54) is 0 Å². The van der Waals surface area contributed by atoms with Gasteiger partial charge < -0.3 is 19.5 Å². The Balaban J connectivity index is 1.47. The van der Waals surface area contributed by atoms with Gasteiger partial charge in [-0.3, -0.25) is 9.59 Å². The fraction of sp³-hybridized carbons (Fsp3) is 0.214. The lowest BCUT2D eigenvalue weighted by atomic mass is 9.86. The maximum Gasteiger partial charge on any atom is 0.246 e. The van der Waals surface area contributed by atoms with Gasteiger partial charge in [-0.15, -0.1) is 0 Å². The molecule has 3 heterocycles. The van der Waals surface area contributed by atoms with Crippen molar-refractivity contribution in [1.82, 2.24) is 14.8 Å². The second-order valence-corrected chi connectivity index (χ2v) is 9.49. The van der Waals surface area contributed by atoms with Crippen LogP contribution in [-0.4, -0.2) is 46.3 Å². The standard InChI is InChI=1S/C28H24ClN3O3/c1-35-24-12-5-3-10-20(24)27-26-21(19-9-2-4-11-22(19)30-26)14-23-28(34)31(16-25(33)32(23)27)15-17-7-6-8-18(29)13-17/h2-13,23,27,30H,14-16H2,1H3/t23-,27?/m0/s1. The predicted octanol–water partition coefficient (Wildman–Crippen LogP) is 4.72. The number of hydrogen-bond donors (Lipinski definition) is 1. The Labute approximate surface area is 208 Å². The summed E-state index contributed by atoms with van der Waals surface area (Å²) in [6, 6.07) is 22.2. The molecular formula is C28H24ClN3O3. The van der Waals surface area contributed by atoms with Crippen LogP contribution < -0.4 is 4.74 Å². The first-order valence-electron chi connectivity index (χ1n) is 11.6. The highest BCUT2D eigenvalue weighted by Gasteiger charge is 2.48. The number of piperazine rings is 1. The highest BCUT2D eigenvalue weighted by Crippen LogP contribution is 2.44. The molecule has 6 rings (SSSR count). The maximum absolute atomic E-state index is 13.9. The van der Waals surface area contributed by atoms with E-state index in [4.69, 9.17) is 16.3 Å². The quantitative estimate of drug-likeness (QED) is 0.455. The average Bonchev–Trinajstić information content (AvgIpc) is 3.24. The molecule has 0 aliphatic carbocycles. The summed E-state index contributed by atoms with van der Waals surface area (Å²) < 4.78 is 5.68. The fourth-order valence-corrected chi connectivity index (χ4v) is 5.74. The molecule has 7 heteroatoms. The molecule has 1 unspecified atom stereocenters. The molecule has 0 radical (unpaired) electrons. The molecule has 35 heavy (non-hydrogen) atoms. The number of amides is 2. The Kier molecular flexibility index (Phi) is 5.26. The summed E-state index contributed by atoms with van der Waals surface area (Å²) in [5, 5.41) is 1.69. The van der Waals surface area contributed by atoms with Gasteiger partial charge in [-0.25, -0.2) is 0 Å². The third-order valence-electron chi connectivity index (χ3n) is 7.04. The largest absolute Gasteiger partial charge is 0.496 e. The van der Waals surface area contributed by atoms with E-state index in [0.29, 0.717) is 23.7 Å². The van der Waals surface area contributed by atoms with Crippen molar-refractivity contribution in [3.8, 4) is 5.75 Å². The van der Waals surface area contributed by atoms with Crippen molar-refractivity contribution >= 4 is 34.3 Å². The molecule has 0 spiro atoms. The SMILES string of the molecule is COc1ccccc1C1c2[nH]c3ccccc3c2C[C@H]2C(=O)N(Cc3cccc(Cl)c3)CC(=O)N12. The highest BCUT2D eigenvalue weighted by molar-refractivity contribution is 6.30. The molecular weight excluding hydrogens is 462 g/mol. The first kappa shape index (κ1) is 21.7. The lowest BCUT2D eigenvalue weighted by Crippen LogP contribution is -2.62. The number of benzene rings is 3. The zero-order chi connectivity index (χ0) is 24.1. The number of para-hydroxylation sites is 2. The van der Waals surface area contributed by atoms with Crippen LogP contribution in [0.2, 0.25) is 5.02 Å². The minimum Gasteiger partial charge on any atom is -0.496 e. The molecule has 1 N–H and O–H groups in total. The Morgan fingerprint density at radius 2 is 1.83 bits per heavy atom. The number of hydrogen-bond acceptors (Lipinski definition) is 3. The number of carbonyl (C=O) groups is 2. The Bertz CT molecular complexity index is 1460. The lowest BCUT2D eigenvalue weighted by Gasteiger charge is -2.47. The zero-order valence-corrected chi connectivity index (χ0v) is 20.0. The van der Waals surface area contributed by atoms with Crippen LogP contribution in [0.15, 0.2) is 72.8 Å². The summed E-state index contributed by atoms with van der Waals surface area (Å²) in [5.74, 6) is 0.543. The first-order valence-corrected chi connectivity index (χ1v) is 12.0. The third-order valence-corrected chi connectivity index (χ3v) is 7.27.